The van der Waals surface area contributed by atoms with E-state index >= 15 is 0 Å². The second-order valence-corrected chi connectivity index (χ2v) is 9.85. The van der Waals surface area contributed by atoms with Crippen LogP contribution in [0.25, 0.3) is 0 Å². The molecule has 3 rings (SSSR count). The molecule has 0 radical (unpaired) electrons. The summed E-state index contributed by atoms with van der Waals surface area (Å²) < 4.78 is 26.6. The molecular formula is C19H19BrN2O4S. The second kappa shape index (κ2) is 6.76. The minimum atomic E-state index is -3.76. The van der Waals surface area contributed by atoms with E-state index in [1.807, 2.05) is 19.1 Å². The van der Waals surface area contributed by atoms with Crippen molar-refractivity contribution >= 4 is 49.1 Å². The second-order valence-electron chi connectivity index (χ2n) is 7.18. The Morgan fingerprint density at radius 3 is 2.48 bits per heavy atom. The average molecular weight is 451 g/mol. The van der Waals surface area contributed by atoms with E-state index in [-0.39, 0.29) is 22.9 Å². The third-order valence-electron chi connectivity index (χ3n) is 4.34. The van der Waals surface area contributed by atoms with Gasteiger partial charge in [0.1, 0.15) is 0 Å². The first kappa shape index (κ1) is 19.6. The van der Waals surface area contributed by atoms with E-state index < -0.39 is 21.3 Å². The van der Waals surface area contributed by atoms with Crippen LogP contribution in [-0.2, 0) is 14.8 Å². The number of nitrogens with one attached hydrogen (secondary N) is 1. The summed E-state index contributed by atoms with van der Waals surface area (Å²) in [5.41, 5.74) is 1.03. The number of carbonyl (C=O) groups is 2. The third kappa shape index (κ3) is 3.77. The quantitative estimate of drug-likeness (QED) is 0.771. The molecule has 1 heterocycles. The lowest BCUT2D eigenvalue weighted by molar-refractivity contribution is -0.123. The summed E-state index contributed by atoms with van der Waals surface area (Å²) >= 11 is 3.41. The predicted octanol–water partition coefficient (Wildman–Crippen LogP) is 3.71. The molecule has 142 valence electrons. The number of amides is 2. The zero-order valence-corrected chi connectivity index (χ0v) is 17.5. The number of benzene rings is 2. The maximum Gasteiger partial charge on any atom is 0.255 e. The van der Waals surface area contributed by atoms with Crippen LogP contribution in [-0.4, -0.2) is 26.0 Å². The number of carbonyl (C=O) groups excluding carboxylic acids is 2. The standard InChI is InChI=1S/C19H19BrN2O4S/c1-12-9-14(7-8-16(12)20)21-17(23)13-5-4-6-15(10-13)22-18(24)19(2,3)11-27(22,25)26/h4-10H,11H2,1-3H3,(H,21,23). The Labute approximate surface area is 166 Å². The first-order valence-electron chi connectivity index (χ1n) is 8.26. The fourth-order valence-electron chi connectivity index (χ4n) is 2.96. The Balaban J connectivity index is 1.90. The molecule has 0 bridgehead atoms. The number of hydrogen-bond acceptors (Lipinski definition) is 4. The monoisotopic (exact) mass is 450 g/mol. The zero-order chi connectivity index (χ0) is 20.0. The zero-order valence-electron chi connectivity index (χ0n) is 15.1. The van der Waals surface area contributed by atoms with E-state index in [1.54, 1.807) is 32.0 Å². The molecule has 2 aromatic carbocycles. The van der Waals surface area contributed by atoms with Crippen LogP contribution >= 0.6 is 15.9 Å². The van der Waals surface area contributed by atoms with Crippen molar-refractivity contribution in [3.8, 4) is 0 Å². The summed E-state index contributed by atoms with van der Waals surface area (Å²) in [6.07, 6.45) is 0. The van der Waals surface area contributed by atoms with Gasteiger partial charge in [-0.05, 0) is 62.7 Å². The Morgan fingerprint density at radius 1 is 1.19 bits per heavy atom. The van der Waals surface area contributed by atoms with Gasteiger partial charge in [0.2, 0.25) is 15.9 Å². The maximum absolute atomic E-state index is 12.6. The number of nitrogens with zero attached hydrogens (tertiary/aromatic N) is 1. The number of hydrogen-bond donors (Lipinski definition) is 1. The molecule has 0 spiro atoms. The van der Waals surface area contributed by atoms with Gasteiger partial charge in [-0.1, -0.05) is 22.0 Å². The minimum Gasteiger partial charge on any atom is -0.322 e. The lowest BCUT2D eigenvalue weighted by Gasteiger charge is -2.18. The van der Waals surface area contributed by atoms with Crippen molar-refractivity contribution in [1.82, 2.24) is 0 Å². The molecule has 0 aromatic heterocycles. The number of halogens is 1. The predicted molar refractivity (Wildman–Crippen MR) is 108 cm³/mol. The van der Waals surface area contributed by atoms with Crippen LogP contribution in [0.1, 0.15) is 29.8 Å². The molecule has 1 fully saturated rings. The Bertz CT molecular complexity index is 1050. The normalized spacial score (nSPS) is 17.8. The fourth-order valence-corrected chi connectivity index (χ4v) is 5.31. The largest absolute Gasteiger partial charge is 0.322 e. The topological polar surface area (TPSA) is 83.6 Å². The van der Waals surface area contributed by atoms with Gasteiger partial charge in [-0.3, -0.25) is 9.59 Å². The van der Waals surface area contributed by atoms with Gasteiger partial charge in [0, 0.05) is 15.7 Å². The molecule has 0 saturated carbocycles. The van der Waals surface area contributed by atoms with E-state index in [2.05, 4.69) is 21.2 Å². The van der Waals surface area contributed by atoms with Gasteiger partial charge in [0.25, 0.3) is 5.91 Å². The van der Waals surface area contributed by atoms with Crippen molar-refractivity contribution < 1.29 is 18.0 Å². The number of rotatable bonds is 3. The molecule has 1 aliphatic heterocycles. The maximum atomic E-state index is 12.6. The van der Waals surface area contributed by atoms with E-state index in [9.17, 15) is 18.0 Å². The van der Waals surface area contributed by atoms with Gasteiger partial charge in [-0.25, -0.2) is 12.7 Å². The Morgan fingerprint density at radius 2 is 1.89 bits per heavy atom. The van der Waals surface area contributed by atoms with Gasteiger partial charge in [0.05, 0.1) is 16.9 Å². The summed E-state index contributed by atoms with van der Waals surface area (Å²) in [7, 11) is -3.76. The molecule has 6 nitrogen and oxygen atoms in total. The molecular weight excluding hydrogens is 432 g/mol. The smallest absolute Gasteiger partial charge is 0.255 e. The number of aryl methyl sites for hydroxylation is 1. The average Bonchev–Trinajstić information content (AvgIpc) is 2.74. The first-order chi connectivity index (χ1) is 12.5. The van der Waals surface area contributed by atoms with Crippen LogP contribution in [0.4, 0.5) is 11.4 Å². The molecule has 0 atom stereocenters. The molecule has 27 heavy (non-hydrogen) atoms. The minimum absolute atomic E-state index is 0.171. The summed E-state index contributed by atoms with van der Waals surface area (Å²) in [4.78, 5) is 25.1. The number of anilines is 2. The van der Waals surface area contributed by atoms with Crippen molar-refractivity contribution in [2.75, 3.05) is 15.4 Å². The Hall–Kier alpha value is -2.19. The van der Waals surface area contributed by atoms with Gasteiger partial charge in [-0.2, -0.15) is 0 Å². The van der Waals surface area contributed by atoms with E-state index in [4.69, 9.17) is 0 Å². The van der Waals surface area contributed by atoms with Gasteiger partial charge in [-0.15, -0.1) is 0 Å². The van der Waals surface area contributed by atoms with Gasteiger partial charge in [0.15, 0.2) is 0 Å². The molecule has 2 amide bonds. The summed E-state index contributed by atoms with van der Waals surface area (Å²) in [6.45, 7) is 5.10. The highest BCUT2D eigenvalue weighted by Gasteiger charge is 2.49. The summed E-state index contributed by atoms with van der Waals surface area (Å²) in [6, 6.07) is 11.5. The summed E-state index contributed by atoms with van der Waals surface area (Å²) in [5, 5.41) is 2.78. The van der Waals surface area contributed by atoms with Crippen molar-refractivity contribution in [3.63, 3.8) is 0 Å². The molecule has 0 unspecified atom stereocenters. The van der Waals surface area contributed by atoms with Crippen molar-refractivity contribution in [2.24, 2.45) is 5.41 Å². The molecule has 8 heteroatoms. The lowest BCUT2D eigenvalue weighted by Crippen LogP contribution is -2.33. The first-order valence-corrected chi connectivity index (χ1v) is 10.7. The van der Waals surface area contributed by atoms with Crippen LogP contribution in [0, 0.1) is 12.3 Å². The van der Waals surface area contributed by atoms with E-state index in [0.717, 1.165) is 14.3 Å². The molecule has 1 N–H and O–H groups in total. The summed E-state index contributed by atoms with van der Waals surface area (Å²) in [5.74, 6) is -1.14. The van der Waals surface area contributed by atoms with Crippen LogP contribution in [0.2, 0.25) is 0 Å². The highest BCUT2D eigenvalue weighted by molar-refractivity contribution is 9.10. The third-order valence-corrected chi connectivity index (χ3v) is 7.25. The lowest BCUT2D eigenvalue weighted by atomic mass is 9.95. The van der Waals surface area contributed by atoms with Crippen LogP contribution in [0.5, 0.6) is 0 Å². The Kier molecular flexibility index (Phi) is 4.90. The highest BCUT2D eigenvalue weighted by atomic mass is 79.9. The van der Waals surface area contributed by atoms with Crippen LogP contribution < -0.4 is 9.62 Å². The van der Waals surface area contributed by atoms with Gasteiger partial charge < -0.3 is 5.32 Å². The van der Waals surface area contributed by atoms with Crippen molar-refractivity contribution in [1.29, 1.82) is 0 Å². The molecule has 1 aliphatic rings. The van der Waals surface area contributed by atoms with Gasteiger partial charge >= 0.3 is 0 Å². The molecule has 2 aromatic rings. The van der Waals surface area contributed by atoms with E-state index in [0.29, 0.717) is 5.69 Å². The van der Waals surface area contributed by atoms with Crippen LogP contribution in [0.15, 0.2) is 46.9 Å². The highest BCUT2D eigenvalue weighted by Crippen LogP contribution is 2.36. The van der Waals surface area contributed by atoms with E-state index in [1.165, 1.54) is 12.1 Å². The van der Waals surface area contributed by atoms with Crippen LogP contribution in [0.3, 0.4) is 0 Å². The SMILES string of the molecule is Cc1cc(NC(=O)c2cccc(N3C(=O)C(C)(C)CS3(=O)=O)c2)ccc1Br. The fraction of sp³-hybridized carbons (Fsp3) is 0.263. The number of sulfonamides is 1. The van der Waals surface area contributed by atoms with Crippen molar-refractivity contribution in [3.05, 3.63) is 58.1 Å². The molecule has 1 saturated heterocycles. The molecule has 0 aliphatic carbocycles. The van der Waals surface area contributed by atoms with Crippen molar-refractivity contribution in [2.45, 2.75) is 20.8 Å².